The molecule has 0 aromatic carbocycles. The Morgan fingerprint density at radius 1 is 0.714 bits per heavy atom. The number of carbonyl (C=O) groups excluding carboxylic acids is 4. The number of unbranched alkanes of at least 4 members (excludes halogenated alkanes) is 4. The van der Waals surface area contributed by atoms with Gasteiger partial charge in [0, 0.05) is 24.8 Å². The van der Waals surface area contributed by atoms with Gasteiger partial charge in [-0.25, -0.2) is 0 Å². The number of nitrogens with one attached hydrogen (secondary N) is 2. The summed E-state index contributed by atoms with van der Waals surface area (Å²) in [6.45, 7) is 8.98. The molecule has 0 radical (unpaired) electrons. The maximum Gasteiger partial charge on any atom is 0.242 e. The van der Waals surface area contributed by atoms with E-state index < -0.39 is 12.1 Å². The molecule has 6 nitrogen and oxygen atoms in total. The molecule has 0 aromatic rings. The number of Topliss-reactive ketones (excluding diaryl/α,β-unsaturated/α-hetero) is 2. The van der Waals surface area contributed by atoms with E-state index in [2.05, 4.69) is 24.5 Å². The van der Waals surface area contributed by atoms with E-state index >= 15 is 0 Å². The van der Waals surface area contributed by atoms with Crippen LogP contribution in [-0.4, -0.2) is 35.5 Å². The van der Waals surface area contributed by atoms with Gasteiger partial charge in [-0.3, -0.25) is 19.2 Å². The smallest absolute Gasteiger partial charge is 0.242 e. The Morgan fingerprint density at radius 2 is 1.21 bits per heavy atom. The lowest BCUT2D eigenvalue weighted by Crippen LogP contribution is -2.51. The van der Waals surface area contributed by atoms with Crippen molar-refractivity contribution in [2.24, 2.45) is 5.92 Å². The Balaban J connectivity index is 4.97. The summed E-state index contributed by atoms with van der Waals surface area (Å²) in [4.78, 5) is 48.2. The van der Waals surface area contributed by atoms with E-state index in [9.17, 15) is 19.2 Å². The van der Waals surface area contributed by atoms with Gasteiger partial charge in [-0.1, -0.05) is 59.3 Å². The topological polar surface area (TPSA) is 92.3 Å². The lowest BCUT2D eigenvalue weighted by atomic mass is 10.00. The first-order valence-electron chi connectivity index (χ1n) is 10.8. The average molecular weight is 397 g/mol. The van der Waals surface area contributed by atoms with E-state index in [-0.39, 0.29) is 42.1 Å². The second-order valence-electron chi connectivity index (χ2n) is 7.97. The predicted octanol–water partition coefficient (Wildman–Crippen LogP) is 3.71. The highest BCUT2D eigenvalue weighted by atomic mass is 16.2. The summed E-state index contributed by atoms with van der Waals surface area (Å²) in [6, 6.07) is -1.15. The molecule has 0 fully saturated rings. The van der Waals surface area contributed by atoms with Crippen LogP contribution < -0.4 is 10.6 Å². The van der Waals surface area contributed by atoms with E-state index in [0.717, 1.165) is 44.9 Å². The van der Waals surface area contributed by atoms with Crippen LogP contribution in [0.2, 0.25) is 0 Å². The Kier molecular flexibility index (Phi) is 14.3. The molecule has 0 bridgehead atoms. The van der Waals surface area contributed by atoms with Crippen molar-refractivity contribution in [3.63, 3.8) is 0 Å². The van der Waals surface area contributed by atoms with E-state index in [0.29, 0.717) is 6.42 Å². The molecule has 6 heteroatoms. The van der Waals surface area contributed by atoms with Gasteiger partial charge < -0.3 is 10.6 Å². The third-order valence-electron chi connectivity index (χ3n) is 4.83. The number of rotatable bonds is 16. The molecule has 162 valence electrons. The van der Waals surface area contributed by atoms with Gasteiger partial charge in [0.15, 0.2) is 0 Å². The highest BCUT2D eigenvalue weighted by Gasteiger charge is 2.25. The number of amides is 2. The minimum absolute atomic E-state index is 0.0809. The molecule has 2 unspecified atom stereocenters. The normalized spacial score (nSPS) is 13.1. The standard InChI is InChI=1S/C22H40N2O4/c1-6-8-10-12-16(3)21(27)24-20(13-11-9-7-2)22(28)23-19(14-17(4)25)15-18(5)26/h16,19-20H,6-15H2,1-5H3,(H,23,28)(H,24,27). The fourth-order valence-electron chi connectivity index (χ4n) is 3.18. The van der Waals surface area contributed by atoms with Crippen LogP contribution in [0.1, 0.15) is 98.8 Å². The second-order valence-corrected chi connectivity index (χ2v) is 7.97. The van der Waals surface area contributed by atoms with Crippen LogP contribution in [0.3, 0.4) is 0 Å². The number of hydrogen-bond donors (Lipinski definition) is 2. The molecule has 0 aliphatic rings. The SMILES string of the molecule is CCCCCC(C)C(=O)NC(CCCCC)C(=O)NC(CC(C)=O)CC(C)=O. The molecule has 2 N–H and O–H groups in total. The second kappa shape index (κ2) is 15.2. The zero-order valence-electron chi connectivity index (χ0n) is 18.4. The first-order valence-corrected chi connectivity index (χ1v) is 10.8. The van der Waals surface area contributed by atoms with Gasteiger partial charge in [0.1, 0.15) is 17.6 Å². The van der Waals surface area contributed by atoms with Gasteiger partial charge >= 0.3 is 0 Å². The third kappa shape index (κ3) is 12.6. The first kappa shape index (κ1) is 26.3. The van der Waals surface area contributed by atoms with Crippen LogP contribution in [-0.2, 0) is 19.2 Å². The lowest BCUT2D eigenvalue weighted by molar-refractivity contribution is -0.132. The monoisotopic (exact) mass is 396 g/mol. The van der Waals surface area contributed by atoms with Gasteiger partial charge in [0.2, 0.25) is 11.8 Å². The molecule has 0 heterocycles. The summed E-state index contributed by atoms with van der Waals surface area (Å²) in [7, 11) is 0. The van der Waals surface area contributed by atoms with Crippen molar-refractivity contribution in [1.82, 2.24) is 10.6 Å². The average Bonchev–Trinajstić information content (AvgIpc) is 2.59. The largest absolute Gasteiger partial charge is 0.351 e. The summed E-state index contributed by atoms with van der Waals surface area (Å²) in [5, 5.41) is 5.70. The van der Waals surface area contributed by atoms with E-state index in [1.807, 2.05) is 6.92 Å². The van der Waals surface area contributed by atoms with Gasteiger partial charge in [-0.05, 0) is 26.7 Å². The van der Waals surface area contributed by atoms with Crippen LogP contribution in [0.15, 0.2) is 0 Å². The van der Waals surface area contributed by atoms with E-state index in [1.165, 1.54) is 13.8 Å². The number of hydrogen-bond acceptors (Lipinski definition) is 4. The van der Waals surface area contributed by atoms with Crippen LogP contribution in [0, 0.1) is 5.92 Å². The molecule has 28 heavy (non-hydrogen) atoms. The van der Waals surface area contributed by atoms with Crippen LogP contribution >= 0.6 is 0 Å². The summed E-state index contributed by atoms with van der Waals surface area (Å²) in [5.41, 5.74) is 0. The zero-order valence-corrected chi connectivity index (χ0v) is 18.4. The van der Waals surface area contributed by atoms with E-state index in [1.54, 1.807) is 0 Å². The van der Waals surface area contributed by atoms with Crippen molar-refractivity contribution in [2.45, 2.75) is 111 Å². The van der Waals surface area contributed by atoms with Crippen molar-refractivity contribution in [2.75, 3.05) is 0 Å². The first-order chi connectivity index (χ1) is 13.2. The summed E-state index contributed by atoms with van der Waals surface area (Å²) < 4.78 is 0. The summed E-state index contributed by atoms with van der Waals surface area (Å²) >= 11 is 0. The highest BCUT2D eigenvalue weighted by Crippen LogP contribution is 2.12. The van der Waals surface area contributed by atoms with Crippen molar-refractivity contribution in [1.29, 1.82) is 0 Å². The molecule has 0 spiro atoms. The predicted molar refractivity (Wildman–Crippen MR) is 112 cm³/mol. The quantitative estimate of drug-likeness (QED) is 0.389. The Labute approximate surface area is 170 Å². The Hall–Kier alpha value is -1.72. The molecule has 0 saturated carbocycles. The van der Waals surface area contributed by atoms with Crippen LogP contribution in [0.5, 0.6) is 0 Å². The fraction of sp³-hybridized carbons (Fsp3) is 0.818. The molecular weight excluding hydrogens is 356 g/mol. The minimum atomic E-state index is -0.630. The molecular formula is C22H40N2O4. The molecule has 0 aliphatic heterocycles. The van der Waals surface area contributed by atoms with Crippen LogP contribution in [0.25, 0.3) is 0 Å². The molecule has 0 saturated heterocycles. The van der Waals surface area contributed by atoms with Crippen LogP contribution in [0.4, 0.5) is 0 Å². The number of ketones is 2. The molecule has 2 atom stereocenters. The third-order valence-corrected chi connectivity index (χ3v) is 4.83. The molecule has 0 aliphatic carbocycles. The number of carbonyl (C=O) groups is 4. The summed E-state index contributed by atoms with van der Waals surface area (Å²) in [6.07, 6.45) is 7.63. The zero-order chi connectivity index (χ0) is 21.5. The minimum Gasteiger partial charge on any atom is -0.351 e. The Morgan fingerprint density at radius 3 is 1.68 bits per heavy atom. The van der Waals surface area contributed by atoms with Crippen molar-refractivity contribution < 1.29 is 19.2 Å². The Bertz CT molecular complexity index is 489. The molecule has 0 rings (SSSR count). The fourth-order valence-corrected chi connectivity index (χ4v) is 3.18. The van der Waals surface area contributed by atoms with E-state index in [4.69, 9.17) is 0 Å². The molecule has 2 amide bonds. The van der Waals surface area contributed by atoms with Gasteiger partial charge in [0.25, 0.3) is 0 Å². The highest BCUT2D eigenvalue weighted by molar-refractivity contribution is 5.89. The lowest BCUT2D eigenvalue weighted by Gasteiger charge is -2.24. The summed E-state index contributed by atoms with van der Waals surface area (Å²) in [5.74, 6) is -0.719. The van der Waals surface area contributed by atoms with Crippen molar-refractivity contribution in [3.05, 3.63) is 0 Å². The van der Waals surface area contributed by atoms with Gasteiger partial charge in [-0.15, -0.1) is 0 Å². The van der Waals surface area contributed by atoms with Gasteiger partial charge in [-0.2, -0.15) is 0 Å². The van der Waals surface area contributed by atoms with Crippen molar-refractivity contribution in [3.8, 4) is 0 Å². The van der Waals surface area contributed by atoms with Gasteiger partial charge in [0.05, 0.1) is 0 Å². The maximum atomic E-state index is 12.8. The molecule has 0 aromatic heterocycles. The van der Waals surface area contributed by atoms with Crippen molar-refractivity contribution >= 4 is 23.4 Å². The maximum absolute atomic E-state index is 12.8.